The van der Waals surface area contributed by atoms with Gasteiger partial charge in [-0.3, -0.25) is 9.59 Å². The van der Waals surface area contributed by atoms with E-state index in [2.05, 4.69) is 20.8 Å². The van der Waals surface area contributed by atoms with Crippen LogP contribution in [-0.2, 0) is 19.7 Å². The summed E-state index contributed by atoms with van der Waals surface area (Å²) in [5.74, 6) is 0.756. The summed E-state index contributed by atoms with van der Waals surface area (Å²) in [6, 6.07) is 21.7. The molecule has 0 aromatic heterocycles. The Bertz CT molecular complexity index is 1270. The quantitative estimate of drug-likeness (QED) is 0.0797. The fourth-order valence-corrected chi connectivity index (χ4v) is 3.56. The largest absolute Gasteiger partial charge is 0.497 e. The van der Waals surface area contributed by atoms with Gasteiger partial charge in [0, 0.05) is 23.8 Å². The molecular formula is C34H40O7. The molecule has 0 spiro atoms. The zero-order chi connectivity index (χ0) is 30.3. The van der Waals surface area contributed by atoms with E-state index >= 15 is 0 Å². The number of carbonyl (C=O) groups excluding carboxylic acids is 3. The summed E-state index contributed by atoms with van der Waals surface area (Å²) in [5.41, 5.74) is 3.21. The molecule has 0 fully saturated rings. The first-order valence-corrected chi connectivity index (χ1v) is 13.4. The van der Waals surface area contributed by atoms with Gasteiger partial charge in [0.2, 0.25) is 0 Å². The van der Waals surface area contributed by atoms with Gasteiger partial charge >= 0.3 is 5.97 Å². The number of ketones is 2. The van der Waals surface area contributed by atoms with Crippen LogP contribution in [0.4, 0.5) is 0 Å². The molecule has 0 amide bonds. The van der Waals surface area contributed by atoms with E-state index in [1.807, 2.05) is 43.3 Å². The van der Waals surface area contributed by atoms with Crippen LogP contribution in [0.1, 0.15) is 66.0 Å². The fourth-order valence-electron chi connectivity index (χ4n) is 3.56. The molecule has 0 atom stereocenters. The van der Waals surface area contributed by atoms with Gasteiger partial charge in [-0.1, -0.05) is 57.2 Å². The average molecular weight is 561 g/mol. The van der Waals surface area contributed by atoms with Crippen molar-refractivity contribution in [1.82, 2.24) is 0 Å². The van der Waals surface area contributed by atoms with Crippen molar-refractivity contribution >= 4 is 23.6 Å². The zero-order valence-corrected chi connectivity index (χ0v) is 24.8. The van der Waals surface area contributed by atoms with E-state index in [1.165, 1.54) is 6.08 Å². The minimum atomic E-state index is -0.370. The molecule has 3 rings (SSSR count). The van der Waals surface area contributed by atoms with Gasteiger partial charge in [0.05, 0.1) is 27.2 Å². The number of hydrogen-bond acceptors (Lipinski definition) is 7. The topological polar surface area (TPSA) is 88.1 Å². The third-order valence-corrected chi connectivity index (χ3v) is 6.01. The van der Waals surface area contributed by atoms with Gasteiger partial charge < -0.3 is 18.9 Å². The minimum absolute atomic E-state index is 0.0422. The van der Waals surface area contributed by atoms with E-state index in [0.29, 0.717) is 30.1 Å². The number of carbonyl (C=O) groups is 3. The molecule has 0 unspecified atom stereocenters. The number of ether oxygens (including phenoxy) is 4. The smallest absolute Gasteiger partial charge is 0.330 e. The summed E-state index contributed by atoms with van der Waals surface area (Å²) in [6.07, 6.45) is 2.97. The molecule has 0 N–H and O–H groups in total. The maximum atomic E-state index is 12.3. The van der Waals surface area contributed by atoms with Gasteiger partial charge in [-0.05, 0) is 65.9 Å². The van der Waals surface area contributed by atoms with Crippen molar-refractivity contribution in [3.63, 3.8) is 0 Å². The molecule has 0 heterocycles. The summed E-state index contributed by atoms with van der Waals surface area (Å²) in [4.78, 5) is 35.8. The van der Waals surface area contributed by atoms with Crippen LogP contribution in [0.5, 0.6) is 11.5 Å². The Hall–Kier alpha value is -4.23. The lowest BCUT2D eigenvalue weighted by Crippen LogP contribution is -2.12. The van der Waals surface area contributed by atoms with Gasteiger partial charge in [-0.25, -0.2) is 4.79 Å². The van der Waals surface area contributed by atoms with E-state index in [0.717, 1.165) is 16.9 Å². The lowest BCUT2D eigenvalue weighted by molar-refractivity contribution is -0.139. The highest BCUT2D eigenvalue weighted by molar-refractivity contribution is 6.13. The standard InChI is InChI=1S/C20H22O3.C14H18O4/c1-20(2,3)16-9-5-14(6-10-16)18(21)13-19(22)15-7-11-17(23-4)12-8-15;1-3-17-10-11-18-14(15)9-6-12-4-7-13(16-2)8-5-12/h5-12H,13H2,1-4H3;4-9H,3,10-11H2,1-2H3/b;9-6+. The minimum Gasteiger partial charge on any atom is -0.497 e. The number of esters is 1. The van der Waals surface area contributed by atoms with Gasteiger partial charge in [-0.2, -0.15) is 0 Å². The lowest BCUT2D eigenvalue weighted by atomic mass is 9.86. The van der Waals surface area contributed by atoms with Crippen LogP contribution in [0, 0.1) is 0 Å². The van der Waals surface area contributed by atoms with Gasteiger partial charge in [0.25, 0.3) is 0 Å². The number of Topliss-reactive ketones (excluding diaryl/α,β-unsaturated/α-hetero) is 2. The van der Waals surface area contributed by atoms with Crippen molar-refractivity contribution in [2.45, 2.75) is 39.5 Å². The van der Waals surface area contributed by atoms with Crippen molar-refractivity contribution in [1.29, 1.82) is 0 Å². The Labute approximate surface area is 243 Å². The summed E-state index contributed by atoms with van der Waals surface area (Å²) < 4.78 is 20.1. The second-order valence-corrected chi connectivity index (χ2v) is 10.0. The first kappa shape index (κ1) is 33.0. The Morgan fingerprint density at radius 2 is 1.20 bits per heavy atom. The molecule has 7 nitrogen and oxygen atoms in total. The third-order valence-electron chi connectivity index (χ3n) is 6.01. The third kappa shape index (κ3) is 11.8. The van der Waals surface area contributed by atoms with Crippen LogP contribution in [0.15, 0.2) is 78.9 Å². The molecule has 0 saturated carbocycles. The van der Waals surface area contributed by atoms with Crippen LogP contribution >= 0.6 is 0 Å². The Morgan fingerprint density at radius 1 is 0.707 bits per heavy atom. The molecule has 0 aliphatic heterocycles. The van der Waals surface area contributed by atoms with E-state index in [1.54, 1.807) is 56.7 Å². The van der Waals surface area contributed by atoms with E-state index in [4.69, 9.17) is 18.9 Å². The van der Waals surface area contributed by atoms with Crippen LogP contribution in [-0.4, -0.2) is 51.6 Å². The molecule has 0 aliphatic rings. The molecule has 3 aromatic rings. The van der Waals surface area contributed by atoms with E-state index < -0.39 is 0 Å². The summed E-state index contributed by atoms with van der Waals surface area (Å²) >= 11 is 0. The number of hydrogen-bond donors (Lipinski definition) is 0. The number of benzene rings is 3. The van der Waals surface area contributed by atoms with Crippen LogP contribution < -0.4 is 9.47 Å². The number of methoxy groups -OCH3 is 2. The molecule has 0 bridgehead atoms. The molecule has 0 aliphatic carbocycles. The van der Waals surface area contributed by atoms with Crippen molar-refractivity contribution in [3.05, 3.63) is 101 Å². The molecule has 218 valence electrons. The summed E-state index contributed by atoms with van der Waals surface area (Å²) in [6.45, 7) is 9.59. The molecule has 41 heavy (non-hydrogen) atoms. The van der Waals surface area contributed by atoms with Crippen molar-refractivity contribution in [2.24, 2.45) is 0 Å². The predicted octanol–water partition coefficient (Wildman–Crippen LogP) is 6.74. The van der Waals surface area contributed by atoms with Crippen molar-refractivity contribution in [3.8, 4) is 11.5 Å². The first-order valence-electron chi connectivity index (χ1n) is 13.4. The molecular weight excluding hydrogens is 520 g/mol. The van der Waals surface area contributed by atoms with Gasteiger partial charge in [0.15, 0.2) is 11.6 Å². The van der Waals surface area contributed by atoms with E-state index in [-0.39, 0.29) is 36.0 Å². The highest BCUT2D eigenvalue weighted by atomic mass is 16.6. The SMILES string of the molecule is CCOCCOC(=O)/C=C/c1ccc(OC)cc1.COc1ccc(C(=O)CC(=O)c2ccc(C(C)(C)C)cc2)cc1. The second kappa shape index (κ2) is 16.8. The van der Waals surface area contributed by atoms with Crippen LogP contribution in [0.3, 0.4) is 0 Å². The fraction of sp³-hybridized carbons (Fsp3) is 0.324. The zero-order valence-electron chi connectivity index (χ0n) is 24.8. The normalized spacial score (nSPS) is 10.9. The monoisotopic (exact) mass is 560 g/mol. The van der Waals surface area contributed by atoms with Crippen molar-refractivity contribution < 1.29 is 33.3 Å². The maximum Gasteiger partial charge on any atom is 0.330 e. The van der Waals surface area contributed by atoms with Crippen LogP contribution in [0.2, 0.25) is 0 Å². The Kier molecular flexibility index (Phi) is 13.5. The van der Waals surface area contributed by atoms with Crippen LogP contribution in [0.25, 0.3) is 6.08 Å². The average Bonchev–Trinajstić information content (AvgIpc) is 2.98. The Morgan fingerprint density at radius 3 is 1.66 bits per heavy atom. The highest BCUT2D eigenvalue weighted by Crippen LogP contribution is 2.23. The summed E-state index contributed by atoms with van der Waals surface area (Å²) in [7, 11) is 3.18. The first-order chi connectivity index (χ1) is 19.6. The van der Waals surface area contributed by atoms with Gasteiger partial charge in [0.1, 0.15) is 18.1 Å². The Balaban J connectivity index is 0.000000296. The summed E-state index contributed by atoms with van der Waals surface area (Å²) in [5, 5.41) is 0. The molecule has 3 aromatic carbocycles. The van der Waals surface area contributed by atoms with Gasteiger partial charge in [-0.15, -0.1) is 0 Å². The number of rotatable bonds is 12. The lowest BCUT2D eigenvalue weighted by Gasteiger charge is -2.18. The molecule has 0 saturated heterocycles. The highest BCUT2D eigenvalue weighted by Gasteiger charge is 2.16. The van der Waals surface area contributed by atoms with Crippen molar-refractivity contribution in [2.75, 3.05) is 34.0 Å². The van der Waals surface area contributed by atoms with E-state index in [9.17, 15) is 14.4 Å². The predicted molar refractivity (Wildman–Crippen MR) is 161 cm³/mol. The molecule has 7 heteroatoms. The maximum absolute atomic E-state index is 12.3. The molecule has 0 radical (unpaired) electrons. The second-order valence-electron chi connectivity index (χ2n) is 10.0.